The molecular weight excluding hydrogens is 262 g/mol. The van der Waals surface area contributed by atoms with Crippen molar-refractivity contribution in [3.05, 3.63) is 59.4 Å². The van der Waals surface area contributed by atoms with Gasteiger partial charge in [-0.3, -0.25) is 9.78 Å². The Kier molecular flexibility index (Phi) is 3.71. The number of carbonyl (C=O) groups is 1. The predicted octanol–water partition coefficient (Wildman–Crippen LogP) is 2.55. The molecule has 1 aromatic heterocycles. The van der Waals surface area contributed by atoms with Gasteiger partial charge in [0.2, 0.25) is 5.91 Å². The van der Waals surface area contributed by atoms with Gasteiger partial charge in [0.1, 0.15) is 5.54 Å². The van der Waals surface area contributed by atoms with Gasteiger partial charge in [-0.1, -0.05) is 23.7 Å². The van der Waals surface area contributed by atoms with E-state index in [1.54, 1.807) is 49.6 Å². The summed E-state index contributed by atoms with van der Waals surface area (Å²) < 4.78 is 0. The van der Waals surface area contributed by atoms with Gasteiger partial charge < -0.3 is 11.1 Å². The van der Waals surface area contributed by atoms with Crippen LogP contribution in [0.4, 0.5) is 5.69 Å². The Labute approximate surface area is 116 Å². The van der Waals surface area contributed by atoms with Crippen LogP contribution in [-0.4, -0.2) is 10.9 Å². The topological polar surface area (TPSA) is 68.0 Å². The standard InChI is InChI=1S/C14H14ClN3O/c1-14(13(16)19,10-4-3-7-17-9-10)18-12-6-2-5-11(15)8-12/h2-9,18H,1H3,(H2,16,19). The number of nitrogens with zero attached hydrogens (tertiary/aromatic N) is 1. The van der Waals surface area contributed by atoms with Gasteiger partial charge in [-0.15, -0.1) is 0 Å². The molecule has 1 heterocycles. The molecule has 0 aliphatic rings. The van der Waals surface area contributed by atoms with Crippen LogP contribution < -0.4 is 11.1 Å². The predicted molar refractivity (Wildman–Crippen MR) is 75.9 cm³/mol. The first-order valence-electron chi connectivity index (χ1n) is 5.76. The summed E-state index contributed by atoms with van der Waals surface area (Å²) in [5.41, 5.74) is 5.90. The van der Waals surface area contributed by atoms with E-state index in [2.05, 4.69) is 10.3 Å². The van der Waals surface area contributed by atoms with Gasteiger partial charge in [-0.2, -0.15) is 0 Å². The number of benzene rings is 1. The third-order valence-corrected chi connectivity index (χ3v) is 3.19. The Bertz CT molecular complexity index is 588. The molecule has 1 atom stereocenters. The number of anilines is 1. The quantitative estimate of drug-likeness (QED) is 0.901. The second-order valence-corrected chi connectivity index (χ2v) is 4.80. The minimum atomic E-state index is -1.04. The van der Waals surface area contributed by atoms with E-state index >= 15 is 0 Å². The number of primary amides is 1. The third-order valence-electron chi connectivity index (χ3n) is 2.95. The molecule has 1 unspecified atom stereocenters. The average Bonchev–Trinajstić information content (AvgIpc) is 2.39. The number of nitrogens with two attached hydrogens (primary N) is 1. The molecule has 1 aromatic carbocycles. The van der Waals surface area contributed by atoms with Crippen LogP contribution in [0.5, 0.6) is 0 Å². The van der Waals surface area contributed by atoms with Crippen LogP contribution in [0.25, 0.3) is 0 Å². The summed E-state index contributed by atoms with van der Waals surface area (Å²) in [6.45, 7) is 1.72. The molecular formula is C14H14ClN3O. The zero-order valence-electron chi connectivity index (χ0n) is 10.4. The summed E-state index contributed by atoms with van der Waals surface area (Å²) in [7, 11) is 0. The molecule has 0 spiro atoms. The molecule has 0 bridgehead atoms. The number of carbonyl (C=O) groups excluding carboxylic acids is 1. The van der Waals surface area contributed by atoms with Crippen molar-refractivity contribution in [1.82, 2.24) is 4.98 Å². The third kappa shape index (κ3) is 2.85. The first-order chi connectivity index (χ1) is 9.02. The van der Waals surface area contributed by atoms with Crippen molar-refractivity contribution in [3.8, 4) is 0 Å². The molecule has 5 heteroatoms. The lowest BCUT2D eigenvalue weighted by molar-refractivity contribution is -0.122. The number of halogens is 1. The maximum absolute atomic E-state index is 11.8. The summed E-state index contributed by atoms with van der Waals surface area (Å²) in [6, 6.07) is 10.7. The summed E-state index contributed by atoms with van der Waals surface area (Å²) in [5.74, 6) is -0.486. The molecule has 0 radical (unpaired) electrons. The zero-order chi connectivity index (χ0) is 13.9. The fourth-order valence-corrected chi connectivity index (χ4v) is 1.98. The minimum absolute atomic E-state index is 0.486. The van der Waals surface area contributed by atoms with Crippen molar-refractivity contribution in [2.75, 3.05) is 5.32 Å². The maximum Gasteiger partial charge on any atom is 0.247 e. The van der Waals surface area contributed by atoms with Crippen molar-refractivity contribution in [3.63, 3.8) is 0 Å². The summed E-state index contributed by atoms with van der Waals surface area (Å²) in [6.07, 6.45) is 3.26. The largest absolute Gasteiger partial charge is 0.368 e. The highest BCUT2D eigenvalue weighted by Gasteiger charge is 2.33. The molecule has 0 fully saturated rings. The number of aromatic nitrogens is 1. The second kappa shape index (κ2) is 5.28. The second-order valence-electron chi connectivity index (χ2n) is 4.37. The lowest BCUT2D eigenvalue weighted by Crippen LogP contribution is -2.45. The molecule has 98 valence electrons. The van der Waals surface area contributed by atoms with E-state index < -0.39 is 11.4 Å². The van der Waals surface area contributed by atoms with Crippen molar-refractivity contribution in [1.29, 1.82) is 0 Å². The Morgan fingerprint density at radius 2 is 2.16 bits per heavy atom. The molecule has 2 aromatic rings. The van der Waals surface area contributed by atoms with Gasteiger partial charge in [-0.05, 0) is 31.2 Å². The van der Waals surface area contributed by atoms with E-state index in [9.17, 15) is 4.79 Å². The maximum atomic E-state index is 11.8. The SMILES string of the molecule is CC(Nc1cccc(Cl)c1)(C(N)=O)c1cccnc1. The van der Waals surface area contributed by atoms with Crippen LogP contribution >= 0.6 is 11.6 Å². The zero-order valence-corrected chi connectivity index (χ0v) is 11.2. The molecule has 4 nitrogen and oxygen atoms in total. The van der Waals surface area contributed by atoms with Gasteiger partial charge >= 0.3 is 0 Å². The van der Waals surface area contributed by atoms with Gasteiger partial charge in [0.05, 0.1) is 0 Å². The number of hydrogen-bond acceptors (Lipinski definition) is 3. The van der Waals surface area contributed by atoms with Gasteiger partial charge in [-0.25, -0.2) is 0 Å². The van der Waals surface area contributed by atoms with Crippen LogP contribution in [-0.2, 0) is 10.3 Å². The molecule has 2 rings (SSSR count). The van der Waals surface area contributed by atoms with Crippen LogP contribution in [0, 0.1) is 0 Å². The lowest BCUT2D eigenvalue weighted by Gasteiger charge is -2.28. The molecule has 0 saturated carbocycles. The number of rotatable bonds is 4. The first-order valence-corrected chi connectivity index (χ1v) is 6.14. The fourth-order valence-electron chi connectivity index (χ4n) is 1.79. The first kappa shape index (κ1) is 13.4. The number of amides is 1. The highest BCUT2D eigenvalue weighted by atomic mass is 35.5. The van der Waals surface area contributed by atoms with Crippen molar-refractivity contribution < 1.29 is 4.79 Å². The number of hydrogen-bond donors (Lipinski definition) is 2. The molecule has 0 saturated heterocycles. The van der Waals surface area contributed by atoms with Crippen LogP contribution in [0.3, 0.4) is 0 Å². The van der Waals surface area contributed by atoms with Gasteiger partial charge in [0.25, 0.3) is 0 Å². The number of pyridine rings is 1. The average molecular weight is 276 g/mol. The van der Waals surface area contributed by atoms with E-state index in [0.29, 0.717) is 10.6 Å². The van der Waals surface area contributed by atoms with E-state index in [1.807, 2.05) is 6.07 Å². The van der Waals surface area contributed by atoms with Crippen LogP contribution in [0.2, 0.25) is 5.02 Å². The lowest BCUT2D eigenvalue weighted by atomic mass is 9.92. The van der Waals surface area contributed by atoms with Crippen molar-refractivity contribution in [2.24, 2.45) is 5.73 Å². The molecule has 1 amide bonds. The smallest absolute Gasteiger partial charge is 0.247 e. The number of nitrogens with one attached hydrogen (secondary N) is 1. The van der Waals surface area contributed by atoms with Crippen LogP contribution in [0.15, 0.2) is 48.8 Å². The highest BCUT2D eigenvalue weighted by Crippen LogP contribution is 2.26. The van der Waals surface area contributed by atoms with E-state index in [0.717, 1.165) is 5.69 Å². The Morgan fingerprint density at radius 1 is 1.37 bits per heavy atom. The summed E-state index contributed by atoms with van der Waals surface area (Å²) in [5, 5.41) is 3.70. The van der Waals surface area contributed by atoms with Gasteiger partial charge in [0, 0.05) is 28.7 Å². The molecule has 3 N–H and O–H groups in total. The van der Waals surface area contributed by atoms with E-state index in [-0.39, 0.29) is 0 Å². The minimum Gasteiger partial charge on any atom is -0.368 e. The van der Waals surface area contributed by atoms with E-state index in [4.69, 9.17) is 17.3 Å². The Morgan fingerprint density at radius 3 is 2.74 bits per heavy atom. The summed E-state index contributed by atoms with van der Waals surface area (Å²) in [4.78, 5) is 15.8. The monoisotopic (exact) mass is 275 g/mol. The van der Waals surface area contributed by atoms with Gasteiger partial charge in [0.15, 0.2) is 0 Å². The Balaban J connectivity index is 2.39. The van der Waals surface area contributed by atoms with Crippen molar-refractivity contribution in [2.45, 2.75) is 12.5 Å². The highest BCUT2D eigenvalue weighted by molar-refractivity contribution is 6.30. The van der Waals surface area contributed by atoms with E-state index in [1.165, 1.54) is 0 Å². The summed E-state index contributed by atoms with van der Waals surface area (Å²) >= 11 is 5.93. The molecule has 0 aliphatic carbocycles. The van der Waals surface area contributed by atoms with Crippen LogP contribution in [0.1, 0.15) is 12.5 Å². The Hall–Kier alpha value is -2.07. The molecule has 19 heavy (non-hydrogen) atoms. The molecule has 0 aliphatic heterocycles. The normalized spacial score (nSPS) is 13.6. The fraction of sp³-hybridized carbons (Fsp3) is 0.143. The van der Waals surface area contributed by atoms with Crippen molar-refractivity contribution >= 4 is 23.2 Å².